The fourth-order valence-corrected chi connectivity index (χ4v) is 4.79. The summed E-state index contributed by atoms with van der Waals surface area (Å²) in [6, 6.07) is 0. The van der Waals surface area contributed by atoms with Gasteiger partial charge in [0.15, 0.2) is 0 Å². The van der Waals surface area contributed by atoms with Crippen LogP contribution >= 0.6 is 0 Å². The van der Waals surface area contributed by atoms with Crippen LogP contribution in [0.2, 0.25) is 0 Å². The van der Waals surface area contributed by atoms with Crippen LogP contribution in [0.1, 0.15) is 40.0 Å². The van der Waals surface area contributed by atoms with Gasteiger partial charge in [0.05, 0.1) is 18.6 Å². The highest BCUT2D eigenvalue weighted by Crippen LogP contribution is 2.59. The lowest BCUT2D eigenvalue weighted by Crippen LogP contribution is -2.55. The molecule has 0 aromatic heterocycles. The Morgan fingerprint density at radius 1 is 1.09 bits per heavy atom. The lowest BCUT2D eigenvalue weighted by Gasteiger charge is -2.42. The number of methoxy groups -OCH3 is 1. The van der Waals surface area contributed by atoms with Crippen LogP contribution in [0.5, 0.6) is 0 Å². The number of esters is 1. The lowest BCUT2D eigenvalue weighted by atomic mass is 9.68. The maximum atomic E-state index is 12.4. The van der Waals surface area contributed by atoms with Gasteiger partial charge in [0.2, 0.25) is 0 Å². The summed E-state index contributed by atoms with van der Waals surface area (Å²) in [5.41, 5.74) is 0.642. The SMILES string of the molecule is CO[C@@H]1C(OC(=O)C=CC=CC=CC=CC(=O)O)CC[C@]2(CO2)C1C1(C)O[C@@H]1CC=C(C)C. The van der Waals surface area contributed by atoms with Crippen molar-refractivity contribution < 1.29 is 33.6 Å². The minimum atomic E-state index is -1.00. The Morgan fingerprint density at radius 2 is 1.73 bits per heavy atom. The second-order valence-corrected chi connectivity index (χ2v) is 9.18. The van der Waals surface area contributed by atoms with Crippen LogP contribution in [0.4, 0.5) is 0 Å². The average Bonchev–Trinajstić information content (AvgIpc) is 3.67. The molecule has 3 rings (SSSR count). The molecule has 33 heavy (non-hydrogen) atoms. The minimum absolute atomic E-state index is 0.00928. The van der Waals surface area contributed by atoms with Gasteiger partial charge in [-0.3, -0.25) is 0 Å². The molecule has 6 atom stereocenters. The molecule has 180 valence electrons. The molecule has 0 amide bonds. The van der Waals surface area contributed by atoms with Gasteiger partial charge < -0.3 is 24.1 Å². The van der Waals surface area contributed by atoms with Crippen molar-refractivity contribution in [1.29, 1.82) is 0 Å². The molecule has 0 aromatic rings. The molecule has 3 fully saturated rings. The maximum absolute atomic E-state index is 12.4. The van der Waals surface area contributed by atoms with Crippen LogP contribution in [-0.4, -0.2) is 60.3 Å². The van der Waals surface area contributed by atoms with Crippen molar-refractivity contribution in [2.45, 2.75) is 69.5 Å². The van der Waals surface area contributed by atoms with Crippen molar-refractivity contribution in [3.63, 3.8) is 0 Å². The van der Waals surface area contributed by atoms with Crippen LogP contribution in [-0.2, 0) is 28.5 Å². The van der Waals surface area contributed by atoms with Crippen LogP contribution < -0.4 is 0 Å². The topological polar surface area (TPSA) is 97.9 Å². The van der Waals surface area contributed by atoms with Gasteiger partial charge in [-0.25, -0.2) is 9.59 Å². The summed E-state index contributed by atoms with van der Waals surface area (Å²) in [5, 5.41) is 8.51. The summed E-state index contributed by atoms with van der Waals surface area (Å²) in [6.45, 7) is 6.96. The number of carboxylic acids is 1. The number of epoxide rings is 2. The van der Waals surface area contributed by atoms with E-state index >= 15 is 0 Å². The molecule has 7 heteroatoms. The third-order valence-electron chi connectivity index (χ3n) is 6.53. The molecular weight excluding hydrogens is 424 g/mol. The third kappa shape index (κ3) is 6.31. The fourth-order valence-electron chi connectivity index (χ4n) is 4.79. The molecule has 2 aliphatic heterocycles. The number of carbonyl (C=O) groups excluding carboxylic acids is 1. The van der Waals surface area contributed by atoms with Crippen LogP contribution in [0.3, 0.4) is 0 Å². The van der Waals surface area contributed by atoms with Crippen molar-refractivity contribution >= 4 is 11.9 Å². The molecule has 7 nitrogen and oxygen atoms in total. The van der Waals surface area contributed by atoms with Gasteiger partial charge >= 0.3 is 11.9 Å². The Morgan fingerprint density at radius 3 is 2.30 bits per heavy atom. The number of hydrogen-bond donors (Lipinski definition) is 1. The van der Waals surface area contributed by atoms with E-state index in [1.165, 1.54) is 17.7 Å². The second kappa shape index (κ2) is 10.6. The first-order chi connectivity index (χ1) is 15.7. The first kappa shape index (κ1) is 25.1. The third-order valence-corrected chi connectivity index (χ3v) is 6.53. The van der Waals surface area contributed by atoms with E-state index in [1.807, 2.05) is 0 Å². The number of carbonyl (C=O) groups is 2. The van der Waals surface area contributed by atoms with Crippen molar-refractivity contribution in [2.24, 2.45) is 5.92 Å². The molecule has 3 unspecified atom stereocenters. The predicted molar refractivity (Wildman–Crippen MR) is 124 cm³/mol. The molecular formula is C26H34O7. The van der Waals surface area contributed by atoms with Crippen LogP contribution in [0, 0.1) is 5.92 Å². The average molecular weight is 459 g/mol. The zero-order valence-electron chi connectivity index (χ0n) is 19.7. The number of aliphatic carboxylic acids is 1. The summed E-state index contributed by atoms with van der Waals surface area (Å²) >= 11 is 0. The summed E-state index contributed by atoms with van der Waals surface area (Å²) in [5.74, 6) is -1.45. The molecule has 0 bridgehead atoms. The first-order valence-corrected chi connectivity index (χ1v) is 11.3. The van der Waals surface area contributed by atoms with Crippen molar-refractivity contribution in [3.05, 3.63) is 60.3 Å². The number of hydrogen-bond acceptors (Lipinski definition) is 6. The van der Waals surface area contributed by atoms with Gasteiger partial charge in [0, 0.05) is 19.3 Å². The first-order valence-electron chi connectivity index (χ1n) is 11.3. The molecule has 1 spiro atoms. The molecule has 1 aliphatic carbocycles. The van der Waals surface area contributed by atoms with E-state index in [0.717, 1.165) is 18.9 Å². The van der Waals surface area contributed by atoms with Gasteiger partial charge in [-0.2, -0.15) is 0 Å². The molecule has 3 aliphatic rings. The highest BCUT2D eigenvalue weighted by Gasteiger charge is 2.72. The number of ether oxygens (including phenoxy) is 4. The Balaban J connectivity index is 1.59. The Labute approximate surface area is 195 Å². The van der Waals surface area contributed by atoms with E-state index in [9.17, 15) is 9.59 Å². The molecule has 0 aromatic carbocycles. The molecule has 1 N–H and O–H groups in total. The number of rotatable bonds is 10. The highest BCUT2D eigenvalue weighted by atomic mass is 16.6. The van der Waals surface area contributed by atoms with Crippen LogP contribution in [0.15, 0.2) is 60.3 Å². The summed E-state index contributed by atoms with van der Waals surface area (Å²) in [6.07, 6.45) is 16.0. The quantitative estimate of drug-likeness (QED) is 0.174. The van der Waals surface area contributed by atoms with Crippen LogP contribution in [0.25, 0.3) is 0 Å². The van der Waals surface area contributed by atoms with Crippen molar-refractivity contribution in [3.8, 4) is 0 Å². The Kier molecular flexibility index (Phi) is 8.10. The van der Waals surface area contributed by atoms with Gasteiger partial charge in [0.1, 0.15) is 23.4 Å². The maximum Gasteiger partial charge on any atom is 0.331 e. The summed E-state index contributed by atoms with van der Waals surface area (Å²) in [7, 11) is 1.65. The van der Waals surface area contributed by atoms with E-state index in [4.69, 9.17) is 24.1 Å². The molecule has 2 saturated heterocycles. The summed E-state index contributed by atoms with van der Waals surface area (Å²) < 4.78 is 23.8. The summed E-state index contributed by atoms with van der Waals surface area (Å²) in [4.78, 5) is 22.8. The zero-order chi connectivity index (χ0) is 24.1. The van der Waals surface area contributed by atoms with Crippen molar-refractivity contribution in [2.75, 3.05) is 13.7 Å². The van der Waals surface area contributed by atoms with Gasteiger partial charge in [-0.1, -0.05) is 48.1 Å². The normalized spacial score (nSPS) is 35.6. The number of allylic oxidation sites excluding steroid dienone is 7. The van der Waals surface area contributed by atoms with E-state index in [2.05, 4.69) is 26.8 Å². The Bertz CT molecular complexity index is 873. The number of carboxylic acid groups (broad SMARTS) is 1. The fraction of sp³-hybridized carbons (Fsp3) is 0.538. The molecule has 2 heterocycles. The zero-order valence-corrected chi connectivity index (χ0v) is 19.7. The van der Waals surface area contributed by atoms with E-state index in [1.54, 1.807) is 37.5 Å². The predicted octanol–water partition coefficient (Wildman–Crippen LogP) is 3.92. The van der Waals surface area contributed by atoms with Gasteiger partial charge in [0.25, 0.3) is 0 Å². The van der Waals surface area contributed by atoms with E-state index in [0.29, 0.717) is 13.0 Å². The largest absolute Gasteiger partial charge is 0.478 e. The van der Waals surface area contributed by atoms with E-state index in [-0.39, 0.29) is 35.4 Å². The highest BCUT2D eigenvalue weighted by molar-refractivity contribution is 5.82. The standard InChI is InChI=1S/C26H34O7/c1-18(2)13-14-20-25(3,33-20)24-23(30-4)19(15-16-26(24)17-31-26)32-22(29)12-10-8-6-5-7-9-11-21(27)28/h5-13,19-20,23-24H,14-17H2,1-4H3,(H,27,28)/t19?,20-,23-,24?,25?,26+/m1/s1. The lowest BCUT2D eigenvalue weighted by molar-refractivity contribution is -0.166. The smallest absolute Gasteiger partial charge is 0.331 e. The second-order valence-electron chi connectivity index (χ2n) is 9.18. The monoisotopic (exact) mass is 458 g/mol. The molecule has 1 saturated carbocycles. The van der Waals surface area contributed by atoms with E-state index < -0.39 is 11.9 Å². The van der Waals surface area contributed by atoms with Gasteiger partial charge in [-0.05, 0) is 40.0 Å². The minimum Gasteiger partial charge on any atom is -0.478 e. The van der Waals surface area contributed by atoms with Crippen molar-refractivity contribution in [1.82, 2.24) is 0 Å². The Hall–Kier alpha value is -2.48. The van der Waals surface area contributed by atoms with Gasteiger partial charge in [-0.15, -0.1) is 0 Å². The molecule has 0 radical (unpaired) electrons.